The van der Waals surface area contributed by atoms with E-state index in [1.54, 1.807) is 0 Å². The van der Waals surface area contributed by atoms with Crippen molar-refractivity contribution in [1.29, 1.82) is 0 Å². The zero-order valence-corrected chi connectivity index (χ0v) is 17.2. The summed E-state index contributed by atoms with van der Waals surface area (Å²) in [5, 5.41) is 4.56. The number of benzene rings is 3. The van der Waals surface area contributed by atoms with Gasteiger partial charge >= 0.3 is 0 Å². The van der Waals surface area contributed by atoms with Crippen LogP contribution in [-0.2, 0) is 0 Å². The molecule has 0 bridgehead atoms. The van der Waals surface area contributed by atoms with Crippen LogP contribution in [0.1, 0.15) is 33.4 Å². The van der Waals surface area contributed by atoms with E-state index >= 15 is 0 Å². The van der Waals surface area contributed by atoms with E-state index in [2.05, 4.69) is 96.1 Å². The maximum Gasteiger partial charge on any atom is 0.155 e. The van der Waals surface area contributed by atoms with Crippen molar-refractivity contribution in [1.82, 2.24) is 0 Å². The summed E-state index contributed by atoms with van der Waals surface area (Å²) in [4.78, 5) is 0. The van der Waals surface area contributed by atoms with E-state index in [0.717, 1.165) is 0 Å². The summed E-state index contributed by atoms with van der Waals surface area (Å²) in [5.41, 5.74) is 8.48. The summed E-state index contributed by atoms with van der Waals surface area (Å²) in [7, 11) is -1.03. The quantitative estimate of drug-likeness (QED) is 0.497. The number of aryl methyl sites for hydroxylation is 3. The Kier molecular flexibility index (Phi) is 4.96. The van der Waals surface area contributed by atoms with Crippen molar-refractivity contribution in [2.45, 2.75) is 41.5 Å². The van der Waals surface area contributed by atoms with Crippen LogP contribution < -0.4 is 15.6 Å². The van der Waals surface area contributed by atoms with Gasteiger partial charge in [0.15, 0.2) is 8.80 Å². The van der Waals surface area contributed by atoms with E-state index in [9.17, 15) is 0 Å². The maximum atomic E-state index is 2.35. The molecule has 127 valence electrons. The van der Waals surface area contributed by atoms with Gasteiger partial charge in [-0.3, -0.25) is 0 Å². The minimum absolute atomic E-state index is 1.03. The van der Waals surface area contributed by atoms with Gasteiger partial charge in [0.25, 0.3) is 0 Å². The van der Waals surface area contributed by atoms with Crippen LogP contribution in [0.4, 0.5) is 0 Å². The monoisotopic (exact) mass is 343 g/mol. The lowest BCUT2D eigenvalue weighted by Crippen LogP contribution is -2.55. The summed E-state index contributed by atoms with van der Waals surface area (Å²) in [5.74, 6) is 0. The smallest absolute Gasteiger partial charge is 0.0621 e. The van der Waals surface area contributed by atoms with E-state index in [4.69, 9.17) is 0 Å². The Bertz CT molecular complexity index is 799. The molecule has 1 heteroatoms. The second kappa shape index (κ2) is 7.01. The topological polar surface area (TPSA) is 0 Å². The molecule has 1 radical (unpaired) electrons. The number of hydrogen-bond donors (Lipinski definition) is 0. The first kappa shape index (κ1) is 17.7. The molecule has 0 saturated carbocycles. The molecule has 0 amide bonds. The maximum absolute atomic E-state index is 2.35. The van der Waals surface area contributed by atoms with Crippen molar-refractivity contribution < 1.29 is 0 Å². The molecular formula is C24H27Si. The Hall–Kier alpha value is -2.12. The highest BCUT2D eigenvalue weighted by Gasteiger charge is 2.25. The molecule has 0 nitrogen and oxygen atoms in total. The Morgan fingerprint density at radius 1 is 0.440 bits per heavy atom. The van der Waals surface area contributed by atoms with Crippen LogP contribution in [0.15, 0.2) is 54.6 Å². The van der Waals surface area contributed by atoms with Crippen LogP contribution in [0.2, 0.25) is 0 Å². The zero-order chi connectivity index (χ0) is 18.1. The van der Waals surface area contributed by atoms with Crippen LogP contribution in [0.25, 0.3) is 0 Å². The Morgan fingerprint density at radius 3 is 1.00 bits per heavy atom. The molecule has 0 N–H and O–H groups in total. The van der Waals surface area contributed by atoms with Crippen LogP contribution in [0.3, 0.4) is 0 Å². The van der Waals surface area contributed by atoms with Gasteiger partial charge in [-0.05, 0) is 90.5 Å². The SMILES string of the molecule is Cc1cccc([Si](c2cccc(C)c2C)c2cccc(C)c2C)c1C. The third kappa shape index (κ3) is 3.21. The molecule has 3 aromatic carbocycles. The first-order valence-electron chi connectivity index (χ1n) is 8.98. The van der Waals surface area contributed by atoms with Crippen molar-refractivity contribution in [2.24, 2.45) is 0 Å². The molecule has 0 aliphatic heterocycles. The number of hydrogen-bond acceptors (Lipinski definition) is 0. The van der Waals surface area contributed by atoms with E-state index in [1.807, 2.05) is 0 Å². The Balaban J connectivity index is 2.35. The van der Waals surface area contributed by atoms with Crippen molar-refractivity contribution in [2.75, 3.05) is 0 Å². The van der Waals surface area contributed by atoms with Gasteiger partial charge in [-0.25, -0.2) is 0 Å². The van der Waals surface area contributed by atoms with Crippen molar-refractivity contribution in [3.63, 3.8) is 0 Å². The third-order valence-corrected chi connectivity index (χ3v) is 8.86. The average Bonchev–Trinajstić information content (AvgIpc) is 2.59. The average molecular weight is 344 g/mol. The van der Waals surface area contributed by atoms with Gasteiger partial charge in [-0.1, -0.05) is 54.6 Å². The standard InChI is InChI=1S/C24H27Si/c1-16-10-7-13-22(19(16)4)25(23-14-8-11-17(2)20(23)5)24-15-9-12-18(3)21(24)6/h7-15H,1-6H3. The van der Waals surface area contributed by atoms with E-state index in [0.29, 0.717) is 0 Å². The van der Waals surface area contributed by atoms with Gasteiger partial charge in [0.2, 0.25) is 0 Å². The van der Waals surface area contributed by atoms with Gasteiger partial charge < -0.3 is 0 Å². The molecule has 0 aliphatic rings. The molecular weight excluding hydrogens is 316 g/mol. The highest BCUT2D eigenvalue weighted by atomic mass is 28.3. The Labute approximate surface area is 154 Å². The molecule has 0 fully saturated rings. The summed E-state index contributed by atoms with van der Waals surface area (Å²) in [6, 6.07) is 20.4. The van der Waals surface area contributed by atoms with Gasteiger partial charge in [-0.2, -0.15) is 0 Å². The fourth-order valence-electron chi connectivity index (χ4n) is 3.50. The van der Waals surface area contributed by atoms with Gasteiger partial charge in [0, 0.05) is 0 Å². The van der Waals surface area contributed by atoms with Gasteiger partial charge in [0.05, 0.1) is 0 Å². The van der Waals surface area contributed by atoms with Gasteiger partial charge in [-0.15, -0.1) is 0 Å². The summed E-state index contributed by atoms with van der Waals surface area (Å²) in [6.07, 6.45) is 0. The van der Waals surface area contributed by atoms with E-state index in [1.165, 1.54) is 48.9 Å². The predicted octanol–water partition coefficient (Wildman–Crippen LogP) is 4.05. The van der Waals surface area contributed by atoms with Crippen LogP contribution in [0, 0.1) is 41.5 Å². The summed E-state index contributed by atoms with van der Waals surface area (Å²) >= 11 is 0. The first-order chi connectivity index (χ1) is 11.9. The molecule has 0 spiro atoms. The van der Waals surface area contributed by atoms with Crippen LogP contribution in [0.5, 0.6) is 0 Å². The van der Waals surface area contributed by atoms with Crippen molar-refractivity contribution >= 4 is 24.4 Å². The van der Waals surface area contributed by atoms with Crippen LogP contribution in [-0.4, -0.2) is 8.80 Å². The Morgan fingerprint density at radius 2 is 0.720 bits per heavy atom. The largest absolute Gasteiger partial charge is 0.155 e. The predicted molar refractivity (Wildman–Crippen MR) is 112 cm³/mol. The molecule has 25 heavy (non-hydrogen) atoms. The molecule has 0 heterocycles. The lowest BCUT2D eigenvalue weighted by atomic mass is 10.1. The zero-order valence-electron chi connectivity index (χ0n) is 16.2. The minimum Gasteiger partial charge on any atom is -0.0621 e. The molecule has 0 atom stereocenters. The first-order valence-corrected chi connectivity index (χ1v) is 10.5. The van der Waals surface area contributed by atoms with Gasteiger partial charge in [0.1, 0.15) is 0 Å². The minimum atomic E-state index is -1.03. The highest BCUT2D eigenvalue weighted by molar-refractivity contribution is 6.96. The van der Waals surface area contributed by atoms with Crippen LogP contribution >= 0.6 is 0 Å². The molecule has 3 aromatic rings. The molecule has 0 saturated heterocycles. The molecule has 0 aliphatic carbocycles. The third-order valence-electron chi connectivity index (χ3n) is 5.62. The lowest BCUT2D eigenvalue weighted by Gasteiger charge is -2.24. The molecule has 0 unspecified atom stereocenters. The normalized spacial score (nSPS) is 11.2. The van der Waals surface area contributed by atoms with Crippen molar-refractivity contribution in [3.8, 4) is 0 Å². The van der Waals surface area contributed by atoms with Crippen molar-refractivity contribution in [3.05, 3.63) is 88.0 Å². The second-order valence-electron chi connectivity index (χ2n) is 7.12. The van der Waals surface area contributed by atoms with E-state index in [-0.39, 0.29) is 0 Å². The second-order valence-corrected chi connectivity index (χ2v) is 9.48. The number of rotatable bonds is 3. The summed E-state index contributed by atoms with van der Waals surface area (Å²) < 4.78 is 0. The van der Waals surface area contributed by atoms with E-state index < -0.39 is 8.80 Å². The molecule has 0 aromatic heterocycles. The molecule has 3 rings (SSSR count). The fourth-order valence-corrected chi connectivity index (χ4v) is 6.88. The fraction of sp³-hybridized carbons (Fsp3) is 0.250. The lowest BCUT2D eigenvalue weighted by molar-refractivity contribution is 1.34. The highest BCUT2D eigenvalue weighted by Crippen LogP contribution is 2.12. The summed E-state index contributed by atoms with van der Waals surface area (Å²) in [6.45, 7) is 13.5.